The molecule has 2 fully saturated rings. The highest BCUT2D eigenvalue weighted by atomic mass is 32.1. The number of amides is 1. The number of hydrogen-bond acceptors (Lipinski definition) is 5. The Bertz CT molecular complexity index is 1370. The molecule has 1 saturated heterocycles. The minimum Gasteiger partial charge on any atom is -0.375 e. The molecule has 1 aliphatic heterocycles. The average Bonchev–Trinajstić information content (AvgIpc) is 3.60. The Balaban J connectivity index is 1.36. The van der Waals surface area contributed by atoms with Crippen LogP contribution in [0.2, 0.25) is 0 Å². The second-order valence-electron chi connectivity index (χ2n) is 11.3. The Labute approximate surface area is 244 Å². The monoisotopic (exact) mass is 610 g/mol. The molecule has 5 nitrogen and oxygen atoms in total. The zero-order chi connectivity index (χ0) is 30.3. The largest absolute Gasteiger partial charge is 0.416 e. The van der Waals surface area contributed by atoms with E-state index in [1.165, 1.54) is 28.8 Å². The maximum Gasteiger partial charge on any atom is 0.416 e. The number of aromatic nitrogens is 1. The molecule has 1 amide bonds. The van der Waals surface area contributed by atoms with Crippen LogP contribution in [0.4, 0.5) is 31.5 Å². The molecule has 2 aromatic carbocycles. The minimum absolute atomic E-state index is 0.0902. The third-order valence-electron chi connectivity index (χ3n) is 8.64. The number of piperidine rings is 1. The van der Waals surface area contributed by atoms with Gasteiger partial charge in [-0.05, 0) is 80.4 Å². The van der Waals surface area contributed by atoms with Crippen LogP contribution < -0.4 is 5.73 Å². The van der Waals surface area contributed by atoms with Crippen molar-refractivity contribution in [1.29, 1.82) is 0 Å². The average molecular weight is 611 g/mol. The van der Waals surface area contributed by atoms with Crippen molar-refractivity contribution in [3.8, 4) is 0 Å². The summed E-state index contributed by atoms with van der Waals surface area (Å²) in [4.78, 5) is 22.1. The lowest BCUT2D eigenvalue weighted by Gasteiger charge is -2.37. The summed E-state index contributed by atoms with van der Waals surface area (Å²) >= 11 is 1.20. The van der Waals surface area contributed by atoms with Crippen molar-refractivity contribution in [2.75, 3.05) is 25.9 Å². The highest BCUT2D eigenvalue weighted by Gasteiger charge is 2.51. The van der Waals surface area contributed by atoms with E-state index in [0.717, 1.165) is 32.4 Å². The number of benzene rings is 2. The molecule has 0 spiro atoms. The van der Waals surface area contributed by atoms with E-state index in [9.17, 15) is 31.1 Å². The van der Waals surface area contributed by atoms with Gasteiger partial charge in [0.2, 0.25) is 5.91 Å². The van der Waals surface area contributed by atoms with Gasteiger partial charge in [-0.3, -0.25) is 4.79 Å². The number of hydrogen-bond donors (Lipinski definition) is 1. The van der Waals surface area contributed by atoms with E-state index in [2.05, 4.69) is 22.0 Å². The van der Waals surface area contributed by atoms with Crippen LogP contribution in [0.3, 0.4) is 0 Å². The van der Waals surface area contributed by atoms with Crippen LogP contribution in [0.25, 0.3) is 0 Å². The molecular formula is C30H32F6N4OS. The van der Waals surface area contributed by atoms with E-state index in [4.69, 9.17) is 5.73 Å². The van der Waals surface area contributed by atoms with Gasteiger partial charge in [0.15, 0.2) is 5.13 Å². The van der Waals surface area contributed by atoms with E-state index in [1.54, 1.807) is 5.38 Å². The second-order valence-corrected chi connectivity index (χ2v) is 12.2. The van der Waals surface area contributed by atoms with Crippen molar-refractivity contribution < 1.29 is 31.1 Å². The van der Waals surface area contributed by atoms with Crippen LogP contribution in [0, 0.1) is 0 Å². The van der Waals surface area contributed by atoms with Gasteiger partial charge in [-0.1, -0.05) is 30.3 Å². The van der Waals surface area contributed by atoms with Gasteiger partial charge in [-0.2, -0.15) is 26.3 Å². The number of likely N-dealkylation sites (tertiary alicyclic amines) is 1. The fourth-order valence-electron chi connectivity index (χ4n) is 6.52. The number of likely N-dealkylation sites (N-methyl/N-ethyl adjacent to an activating group) is 1. The van der Waals surface area contributed by atoms with Crippen LogP contribution in [-0.4, -0.2) is 46.9 Å². The van der Waals surface area contributed by atoms with Gasteiger partial charge in [0.1, 0.15) is 0 Å². The fraction of sp³-hybridized carbons (Fsp3) is 0.467. The van der Waals surface area contributed by atoms with E-state index in [-0.39, 0.29) is 23.6 Å². The number of thiazole rings is 1. The first-order valence-corrected chi connectivity index (χ1v) is 14.7. The summed E-state index contributed by atoms with van der Waals surface area (Å²) < 4.78 is 80.6. The Morgan fingerprint density at radius 1 is 1.02 bits per heavy atom. The van der Waals surface area contributed by atoms with Gasteiger partial charge in [0, 0.05) is 25.0 Å². The zero-order valence-corrected chi connectivity index (χ0v) is 23.8. The summed E-state index contributed by atoms with van der Waals surface area (Å²) in [7, 11) is 1.41. The number of nitrogen functional groups attached to an aromatic ring is 1. The minimum atomic E-state index is -4.97. The molecule has 2 atom stereocenters. The van der Waals surface area contributed by atoms with Crippen LogP contribution >= 0.6 is 11.3 Å². The first-order valence-electron chi connectivity index (χ1n) is 13.8. The summed E-state index contributed by atoms with van der Waals surface area (Å²) in [5.74, 6) is 0.0780. The molecule has 2 aliphatic rings. The quantitative estimate of drug-likeness (QED) is 0.303. The van der Waals surface area contributed by atoms with E-state index in [1.807, 2.05) is 18.2 Å². The molecule has 42 heavy (non-hydrogen) atoms. The molecule has 2 N–H and O–H groups in total. The maximum absolute atomic E-state index is 14.1. The number of carbonyl (C=O) groups is 1. The zero-order valence-electron chi connectivity index (χ0n) is 23.0. The molecule has 3 aromatic rings. The molecule has 1 aromatic heterocycles. The predicted octanol–water partition coefficient (Wildman–Crippen LogP) is 7.09. The van der Waals surface area contributed by atoms with E-state index >= 15 is 0 Å². The Morgan fingerprint density at radius 3 is 2.19 bits per heavy atom. The van der Waals surface area contributed by atoms with Crippen molar-refractivity contribution in [2.24, 2.45) is 0 Å². The number of halogens is 6. The van der Waals surface area contributed by atoms with Gasteiger partial charge in [0.05, 0.1) is 22.2 Å². The molecule has 0 bridgehead atoms. The van der Waals surface area contributed by atoms with E-state index in [0.29, 0.717) is 41.7 Å². The Kier molecular flexibility index (Phi) is 8.32. The summed E-state index contributed by atoms with van der Waals surface area (Å²) in [5, 5.41) is 2.02. The lowest BCUT2D eigenvalue weighted by molar-refractivity contribution is -0.143. The summed E-state index contributed by atoms with van der Waals surface area (Å²) in [6, 6.07) is 11.9. The molecule has 226 valence electrons. The third-order valence-corrected chi connectivity index (χ3v) is 9.31. The smallest absolute Gasteiger partial charge is 0.375 e. The predicted molar refractivity (Wildman–Crippen MR) is 149 cm³/mol. The van der Waals surface area contributed by atoms with Crippen LogP contribution in [0.5, 0.6) is 0 Å². The van der Waals surface area contributed by atoms with Gasteiger partial charge >= 0.3 is 12.4 Å². The number of anilines is 1. The number of carbonyl (C=O) groups excluding carboxylic acids is 1. The molecule has 5 rings (SSSR count). The van der Waals surface area contributed by atoms with Crippen LogP contribution in [0.15, 0.2) is 53.9 Å². The molecule has 2 unspecified atom stereocenters. The molecule has 1 aliphatic carbocycles. The molecule has 12 heteroatoms. The number of rotatable bonds is 6. The van der Waals surface area contributed by atoms with Crippen molar-refractivity contribution in [2.45, 2.75) is 68.4 Å². The maximum atomic E-state index is 14.1. The first-order chi connectivity index (χ1) is 19.8. The first kappa shape index (κ1) is 30.3. The summed E-state index contributed by atoms with van der Waals surface area (Å²) in [6.07, 6.45) is -6.33. The van der Waals surface area contributed by atoms with Gasteiger partial charge in [-0.25, -0.2) is 4.98 Å². The Hall–Kier alpha value is -3.12. The van der Waals surface area contributed by atoms with Crippen LogP contribution in [0.1, 0.15) is 66.0 Å². The molecule has 0 radical (unpaired) electrons. The SMILES string of the molecule is CN(Cc1cc(C(F)(F)F)cc(C(F)(F)F)c1)C(=O)C1(c2csc(N)n2)CCC(N2CCC(c3ccccc3)CC2)C1. The summed E-state index contributed by atoms with van der Waals surface area (Å²) in [5.41, 5.74) is 3.61. The number of nitrogens with zero attached hydrogens (tertiary/aromatic N) is 3. The standard InChI is InChI=1S/C30H32F6N4OS/c1-39(17-19-13-22(29(31,32)33)15-23(14-19)30(34,35)36)26(41)28(25-18-42-27(37)38-25)10-7-24(16-28)40-11-8-21(9-12-40)20-5-3-2-4-6-20/h2-6,13-15,18,21,24H,7-12,16-17H2,1H3,(H2,37,38). The highest BCUT2D eigenvalue weighted by Crippen LogP contribution is 2.46. The van der Waals surface area contributed by atoms with Gasteiger partial charge in [0.25, 0.3) is 0 Å². The number of nitrogens with two attached hydrogens (primary N) is 1. The van der Waals surface area contributed by atoms with E-state index < -0.39 is 35.4 Å². The van der Waals surface area contributed by atoms with Gasteiger partial charge < -0.3 is 15.5 Å². The van der Waals surface area contributed by atoms with Crippen molar-refractivity contribution in [1.82, 2.24) is 14.8 Å². The highest BCUT2D eigenvalue weighted by molar-refractivity contribution is 7.13. The second kappa shape index (κ2) is 11.5. The molecule has 2 heterocycles. The van der Waals surface area contributed by atoms with Crippen molar-refractivity contribution >= 4 is 22.4 Å². The lowest BCUT2D eigenvalue weighted by atomic mass is 9.81. The molecular weight excluding hydrogens is 578 g/mol. The number of alkyl halides is 6. The fourth-order valence-corrected chi connectivity index (χ4v) is 7.18. The third kappa shape index (κ3) is 6.29. The summed E-state index contributed by atoms with van der Waals surface area (Å²) in [6.45, 7) is 1.32. The van der Waals surface area contributed by atoms with Crippen molar-refractivity contribution in [3.05, 3.63) is 81.9 Å². The van der Waals surface area contributed by atoms with Crippen molar-refractivity contribution in [3.63, 3.8) is 0 Å². The normalized spacial score (nSPS) is 22.4. The topological polar surface area (TPSA) is 62.5 Å². The molecule has 1 saturated carbocycles. The van der Waals surface area contributed by atoms with Crippen LogP contribution in [-0.2, 0) is 29.1 Å². The Morgan fingerprint density at radius 2 is 1.64 bits per heavy atom. The lowest BCUT2D eigenvalue weighted by Crippen LogP contribution is -2.46. The van der Waals surface area contributed by atoms with Gasteiger partial charge in [-0.15, -0.1) is 11.3 Å².